The second-order valence-electron chi connectivity index (χ2n) is 5.98. The van der Waals surface area contributed by atoms with Crippen LogP contribution in [0.2, 0.25) is 0 Å². The largest absolute Gasteiger partial charge is 0.448 e. The quantitative estimate of drug-likeness (QED) is 0.814. The standard InChI is InChI=1S/C17H25NO3S/c1-4-7-13-10-15(22-12(13)3)17(20)21-11(2)16(19)18-14-8-5-6-9-14/h10-11,14H,4-9H2,1-3H3,(H,18,19). The molecule has 1 fully saturated rings. The Balaban J connectivity index is 1.89. The van der Waals surface area contributed by atoms with E-state index < -0.39 is 12.1 Å². The molecular formula is C17H25NO3S. The molecule has 1 heterocycles. The van der Waals surface area contributed by atoms with Crippen molar-refractivity contribution in [3.63, 3.8) is 0 Å². The summed E-state index contributed by atoms with van der Waals surface area (Å²) in [4.78, 5) is 26.0. The lowest BCUT2D eigenvalue weighted by Gasteiger charge is -2.16. The second-order valence-corrected chi connectivity index (χ2v) is 7.24. The lowest BCUT2D eigenvalue weighted by atomic mass is 10.1. The van der Waals surface area contributed by atoms with Gasteiger partial charge in [0.1, 0.15) is 4.88 Å². The Labute approximate surface area is 136 Å². The fourth-order valence-corrected chi connectivity index (χ4v) is 3.75. The van der Waals surface area contributed by atoms with E-state index in [2.05, 4.69) is 12.2 Å². The predicted octanol–water partition coefficient (Wildman–Crippen LogP) is 3.61. The van der Waals surface area contributed by atoms with E-state index in [4.69, 9.17) is 4.74 Å². The molecule has 0 spiro atoms. The number of thiophene rings is 1. The van der Waals surface area contributed by atoms with E-state index in [0.717, 1.165) is 43.4 Å². The first-order valence-electron chi connectivity index (χ1n) is 8.12. The van der Waals surface area contributed by atoms with Gasteiger partial charge in [0.05, 0.1) is 0 Å². The lowest BCUT2D eigenvalue weighted by molar-refractivity contribution is -0.129. The highest BCUT2D eigenvalue weighted by molar-refractivity contribution is 7.14. The van der Waals surface area contributed by atoms with Gasteiger partial charge in [0, 0.05) is 10.9 Å². The molecule has 1 aliphatic rings. The fourth-order valence-electron chi connectivity index (χ4n) is 2.80. The highest BCUT2D eigenvalue weighted by atomic mass is 32.1. The van der Waals surface area contributed by atoms with Gasteiger partial charge in [-0.15, -0.1) is 11.3 Å². The zero-order valence-corrected chi connectivity index (χ0v) is 14.4. The number of rotatable bonds is 6. The molecule has 1 aromatic heterocycles. The van der Waals surface area contributed by atoms with E-state index in [9.17, 15) is 9.59 Å². The molecule has 1 N–H and O–H groups in total. The van der Waals surface area contributed by atoms with Crippen molar-refractivity contribution in [3.8, 4) is 0 Å². The topological polar surface area (TPSA) is 55.4 Å². The molecule has 0 saturated heterocycles. The van der Waals surface area contributed by atoms with Crippen LogP contribution >= 0.6 is 11.3 Å². The minimum absolute atomic E-state index is 0.192. The van der Waals surface area contributed by atoms with Gasteiger partial charge in [0.2, 0.25) is 0 Å². The number of hydrogen-bond donors (Lipinski definition) is 1. The number of carbonyl (C=O) groups is 2. The fraction of sp³-hybridized carbons (Fsp3) is 0.647. The third-order valence-corrected chi connectivity index (χ3v) is 5.17. The van der Waals surface area contributed by atoms with Crippen molar-refractivity contribution in [1.29, 1.82) is 0 Å². The molecule has 1 amide bonds. The summed E-state index contributed by atoms with van der Waals surface area (Å²) in [6, 6.07) is 2.14. The minimum atomic E-state index is -0.745. The van der Waals surface area contributed by atoms with Gasteiger partial charge in [-0.05, 0) is 44.7 Å². The van der Waals surface area contributed by atoms with Crippen molar-refractivity contribution in [2.45, 2.75) is 71.4 Å². The molecule has 0 aromatic carbocycles. The van der Waals surface area contributed by atoms with E-state index >= 15 is 0 Å². The molecule has 0 bridgehead atoms. The van der Waals surface area contributed by atoms with Crippen LogP contribution in [0.1, 0.15) is 66.1 Å². The molecule has 1 aliphatic carbocycles. The first-order chi connectivity index (χ1) is 10.5. The van der Waals surface area contributed by atoms with Crippen LogP contribution < -0.4 is 5.32 Å². The zero-order chi connectivity index (χ0) is 16.1. The molecular weight excluding hydrogens is 298 g/mol. The number of nitrogens with one attached hydrogen (secondary N) is 1. The number of aryl methyl sites for hydroxylation is 2. The molecule has 1 atom stereocenters. The van der Waals surface area contributed by atoms with Gasteiger partial charge in [0.25, 0.3) is 5.91 Å². The number of carbonyl (C=O) groups excluding carboxylic acids is 2. The van der Waals surface area contributed by atoms with Crippen molar-refractivity contribution < 1.29 is 14.3 Å². The Hall–Kier alpha value is -1.36. The highest BCUT2D eigenvalue weighted by Gasteiger charge is 2.24. The van der Waals surface area contributed by atoms with Crippen LogP contribution in [-0.2, 0) is 16.0 Å². The Morgan fingerprint density at radius 2 is 2.09 bits per heavy atom. The molecule has 1 saturated carbocycles. The maximum Gasteiger partial charge on any atom is 0.349 e. The van der Waals surface area contributed by atoms with E-state index in [1.807, 2.05) is 13.0 Å². The normalized spacial score (nSPS) is 16.5. The van der Waals surface area contributed by atoms with E-state index in [0.29, 0.717) is 4.88 Å². The first-order valence-corrected chi connectivity index (χ1v) is 8.93. The average molecular weight is 323 g/mol. The number of esters is 1. The van der Waals surface area contributed by atoms with Gasteiger partial charge < -0.3 is 10.1 Å². The predicted molar refractivity (Wildman–Crippen MR) is 88.3 cm³/mol. The summed E-state index contributed by atoms with van der Waals surface area (Å²) >= 11 is 1.44. The van der Waals surface area contributed by atoms with Crippen LogP contribution in [0.15, 0.2) is 6.07 Å². The molecule has 1 unspecified atom stereocenters. The van der Waals surface area contributed by atoms with Gasteiger partial charge in [0.15, 0.2) is 6.10 Å². The Morgan fingerprint density at radius 1 is 1.41 bits per heavy atom. The van der Waals surface area contributed by atoms with E-state index in [-0.39, 0.29) is 11.9 Å². The summed E-state index contributed by atoms with van der Waals surface area (Å²) < 4.78 is 5.31. The molecule has 4 nitrogen and oxygen atoms in total. The van der Waals surface area contributed by atoms with Gasteiger partial charge in [-0.1, -0.05) is 26.2 Å². The summed E-state index contributed by atoms with van der Waals surface area (Å²) in [5.41, 5.74) is 1.20. The van der Waals surface area contributed by atoms with Gasteiger partial charge >= 0.3 is 5.97 Å². The van der Waals surface area contributed by atoms with Crippen LogP contribution in [0.5, 0.6) is 0 Å². The zero-order valence-electron chi connectivity index (χ0n) is 13.6. The summed E-state index contributed by atoms with van der Waals surface area (Å²) in [5.74, 6) is -0.591. The number of hydrogen-bond acceptors (Lipinski definition) is 4. The number of amides is 1. The van der Waals surface area contributed by atoms with Gasteiger partial charge in [-0.2, -0.15) is 0 Å². The highest BCUT2D eigenvalue weighted by Crippen LogP contribution is 2.24. The smallest absolute Gasteiger partial charge is 0.349 e. The van der Waals surface area contributed by atoms with Crippen molar-refractivity contribution >= 4 is 23.2 Å². The molecule has 5 heteroatoms. The van der Waals surface area contributed by atoms with Crippen LogP contribution in [0.25, 0.3) is 0 Å². The van der Waals surface area contributed by atoms with E-state index in [1.54, 1.807) is 6.92 Å². The summed E-state index contributed by atoms with van der Waals surface area (Å²) in [6.07, 6.45) is 5.64. The molecule has 1 aromatic rings. The van der Waals surface area contributed by atoms with E-state index in [1.165, 1.54) is 16.9 Å². The Morgan fingerprint density at radius 3 is 2.73 bits per heavy atom. The van der Waals surface area contributed by atoms with Crippen LogP contribution in [0, 0.1) is 6.92 Å². The van der Waals surface area contributed by atoms with Crippen LogP contribution in [-0.4, -0.2) is 24.0 Å². The van der Waals surface area contributed by atoms with Crippen LogP contribution in [0.3, 0.4) is 0 Å². The minimum Gasteiger partial charge on any atom is -0.448 e. The van der Waals surface area contributed by atoms with Crippen LogP contribution in [0.4, 0.5) is 0 Å². The lowest BCUT2D eigenvalue weighted by Crippen LogP contribution is -2.40. The molecule has 122 valence electrons. The Kier molecular flexibility index (Phi) is 6.00. The SMILES string of the molecule is CCCc1cc(C(=O)OC(C)C(=O)NC2CCCC2)sc1C. The molecule has 0 radical (unpaired) electrons. The maximum absolute atomic E-state index is 12.2. The van der Waals surface area contributed by atoms with Gasteiger partial charge in [-0.3, -0.25) is 4.79 Å². The van der Waals surface area contributed by atoms with Crippen molar-refractivity contribution in [3.05, 3.63) is 21.4 Å². The summed E-state index contributed by atoms with van der Waals surface area (Å²) in [7, 11) is 0. The Bertz CT molecular complexity index is 532. The van der Waals surface area contributed by atoms with Crippen molar-refractivity contribution in [2.24, 2.45) is 0 Å². The maximum atomic E-state index is 12.2. The van der Waals surface area contributed by atoms with Crippen molar-refractivity contribution in [2.75, 3.05) is 0 Å². The first kappa shape index (κ1) is 17.0. The summed E-state index contributed by atoms with van der Waals surface area (Å²) in [6.45, 7) is 5.77. The third-order valence-electron chi connectivity index (χ3n) is 4.10. The number of ether oxygens (including phenoxy) is 1. The second kappa shape index (κ2) is 7.77. The average Bonchev–Trinajstić information content (AvgIpc) is 3.10. The molecule has 0 aliphatic heterocycles. The third kappa shape index (κ3) is 4.32. The molecule has 2 rings (SSSR count). The monoisotopic (exact) mass is 323 g/mol. The van der Waals surface area contributed by atoms with Crippen molar-refractivity contribution in [1.82, 2.24) is 5.32 Å². The summed E-state index contributed by atoms with van der Waals surface area (Å²) in [5, 5.41) is 2.96. The molecule has 22 heavy (non-hydrogen) atoms. The van der Waals surface area contributed by atoms with Gasteiger partial charge in [-0.25, -0.2) is 4.79 Å².